The number of sulfonamides is 1. The largest absolute Gasteiger partial charge is 0.490 e. The lowest BCUT2D eigenvalue weighted by Gasteiger charge is -2.33. The molecule has 12 heteroatoms. The number of piperidine rings is 1. The molecule has 178 valence electrons. The predicted molar refractivity (Wildman–Crippen MR) is 128 cm³/mol. The number of rotatable bonds is 9. The zero-order valence-corrected chi connectivity index (χ0v) is 20.6. The number of nitrogens with zero attached hydrogens (tertiary/aromatic N) is 2. The monoisotopic (exact) mass is 531 g/mol. The molecule has 1 fully saturated rings. The minimum Gasteiger partial charge on any atom is -0.490 e. The predicted octanol–water partition coefficient (Wildman–Crippen LogP) is 3.89. The van der Waals surface area contributed by atoms with Crippen LogP contribution in [0, 0.1) is 0 Å². The van der Waals surface area contributed by atoms with E-state index in [4.69, 9.17) is 32.5 Å². The van der Waals surface area contributed by atoms with E-state index in [1.807, 2.05) is 0 Å². The molecule has 3 aromatic rings. The van der Waals surface area contributed by atoms with E-state index in [1.54, 1.807) is 30.3 Å². The van der Waals surface area contributed by atoms with Gasteiger partial charge >= 0.3 is 0 Å². The molecule has 0 radical (unpaired) electrons. The van der Waals surface area contributed by atoms with Crippen LogP contribution in [-0.2, 0) is 10.0 Å². The highest BCUT2D eigenvalue weighted by Gasteiger charge is 2.24. The second-order valence-electron chi connectivity index (χ2n) is 7.70. The molecule has 1 atom stereocenters. The Morgan fingerprint density at radius 3 is 2.70 bits per heavy atom. The van der Waals surface area contributed by atoms with Crippen molar-refractivity contribution in [1.82, 2.24) is 14.8 Å². The van der Waals surface area contributed by atoms with Crippen LogP contribution >= 0.6 is 34.5 Å². The lowest BCUT2D eigenvalue weighted by atomic mass is 10.1. The zero-order chi connectivity index (χ0) is 23.4. The molecule has 3 heterocycles. The summed E-state index contributed by atoms with van der Waals surface area (Å²) in [6, 6.07) is 10.1. The number of thiophene rings is 1. The molecule has 1 saturated heterocycles. The lowest BCUT2D eigenvalue weighted by molar-refractivity contribution is 0.0630. The van der Waals surface area contributed by atoms with Crippen molar-refractivity contribution in [1.29, 1.82) is 0 Å². The molecule has 0 unspecified atom stereocenters. The SMILES string of the molecule is O=S(=O)(NC[C@@H](O)CN1CCC(Oc2ccc(Cl)c(Cl)c2)CC1)c1ccc(-c2ccon2)s1. The summed E-state index contributed by atoms with van der Waals surface area (Å²) in [4.78, 5) is 2.79. The fourth-order valence-corrected chi connectivity index (χ4v) is 6.21. The second kappa shape index (κ2) is 10.7. The van der Waals surface area contributed by atoms with Gasteiger partial charge in [-0.05, 0) is 37.1 Å². The summed E-state index contributed by atoms with van der Waals surface area (Å²) in [6.07, 6.45) is 2.23. The molecular formula is C21H23Cl2N3O5S2. The van der Waals surface area contributed by atoms with Crippen LogP contribution in [0.5, 0.6) is 5.75 Å². The molecule has 0 spiro atoms. The van der Waals surface area contributed by atoms with E-state index in [-0.39, 0.29) is 16.9 Å². The first kappa shape index (κ1) is 24.5. The van der Waals surface area contributed by atoms with Crippen molar-refractivity contribution in [2.75, 3.05) is 26.2 Å². The van der Waals surface area contributed by atoms with Gasteiger partial charge in [-0.1, -0.05) is 28.4 Å². The molecule has 2 N–H and O–H groups in total. The minimum atomic E-state index is -3.72. The Morgan fingerprint density at radius 1 is 1.21 bits per heavy atom. The fourth-order valence-electron chi connectivity index (χ4n) is 3.53. The van der Waals surface area contributed by atoms with Crippen LogP contribution < -0.4 is 9.46 Å². The van der Waals surface area contributed by atoms with E-state index in [9.17, 15) is 13.5 Å². The maximum Gasteiger partial charge on any atom is 0.250 e. The minimum absolute atomic E-state index is 0.0480. The molecule has 0 aliphatic carbocycles. The van der Waals surface area contributed by atoms with Gasteiger partial charge < -0.3 is 19.3 Å². The highest BCUT2D eigenvalue weighted by atomic mass is 35.5. The topological polar surface area (TPSA) is 105 Å². The van der Waals surface area contributed by atoms with E-state index in [0.717, 1.165) is 37.3 Å². The first-order valence-electron chi connectivity index (χ1n) is 10.3. The van der Waals surface area contributed by atoms with Crippen LogP contribution in [0.15, 0.2) is 51.4 Å². The van der Waals surface area contributed by atoms with E-state index >= 15 is 0 Å². The van der Waals surface area contributed by atoms with Crippen molar-refractivity contribution in [3.8, 4) is 16.3 Å². The van der Waals surface area contributed by atoms with Gasteiger partial charge in [-0.25, -0.2) is 13.1 Å². The highest BCUT2D eigenvalue weighted by molar-refractivity contribution is 7.91. The Bertz CT molecular complexity index is 1160. The molecule has 0 saturated carbocycles. The summed E-state index contributed by atoms with van der Waals surface area (Å²) < 4.78 is 38.6. The van der Waals surface area contributed by atoms with Gasteiger partial charge in [0.05, 0.1) is 21.0 Å². The van der Waals surface area contributed by atoms with Crippen LogP contribution in [-0.4, -0.2) is 62.0 Å². The maximum absolute atomic E-state index is 12.6. The third-order valence-electron chi connectivity index (χ3n) is 5.24. The third kappa shape index (κ3) is 6.48. The molecule has 4 rings (SSSR count). The molecular weight excluding hydrogens is 509 g/mol. The third-order valence-corrected chi connectivity index (χ3v) is 9.01. The first-order valence-corrected chi connectivity index (χ1v) is 13.4. The highest BCUT2D eigenvalue weighted by Crippen LogP contribution is 2.30. The number of halogens is 2. The number of hydrogen-bond donors (Lipinski definition) is 2. The number of likely N-dealkylation sites (tertiary alicyclic amines) is 1. The van der Waals surface area contributed by atoms with Crippen LogP contribution in [0.2, 0.25) is 10.0 Å². The number of hydrogen-bond acceptors (Lipinski definition) is 8. The number of β-amino-alcohol motifs (C(OH)–C–C–N with tert-alkyl or cyclic N) is 1. The van der Waals surface area contributed by atoms with Crippen molar-refractivity contribution >= 4 is 44.6 Å². The van der Waals surface area contributed by atoms with E-state index in [2.05, 4.69) is 14.8 Å². The van der Waals surface area contributed by atoms with Crippen molar-refractivity contribution in [3.63, 3.8) is 0 Å². The summed E-state index contributed by atoms with van der Waals surface area (Å²) in [5.41, 5.74) is 0.577. The van der Waals surface area contributed by atoms with Gasteiger partial charge in [-0.2, -0.15) is 0 Å². The fraction of sp³-hybridized carbons (Fsp3) is 0.381. The van der Waals surface area contributed by atoms with Gasteiger partial charge in [0, 0.05) is 38.3 Å². The summed E-state index contributed by atoms with van der Waals surface area (Å²) in [5.74, 6) is 0.678. The number of nitrogens with one attached hydrogen (secondary N) is 1. The summed E-state index contributed by atoms with van der Waals surface area (Å²) >= 11 is 13.1. The average Bonchev–Trinajstić information content (AvgIpc) is 3.49. The van der Waals surface area contributed by atoms with Crippen LogP contribution in [0.25, 0.3) is 10.6 Å². The summed E-state index contributed by atoms with van der Waals surface area (Å²) in [7, 11) is -3.72. The Kier molecular flexibility index (Phi) is 7.95. The second-order valence-corrected chi connectivity index (χ2v) is 11.6. The number of ether oxygens (including phenoxy) is 1. The smallest absolute Gasteiger partial charge is 0.250 e. The quantitative estimate of drug-likeness (QED) is 0.431. The Morgan fingerprint density at radius 2 is 2.00 bits per heavy atom. The molecule has 2 aromatic heterocycles. The maximum atomic E-state index is 12.6. The standard InChI is InChI=1S/C21H23Cl2N3O5S2/c22-17-2-1-16(11-18(17)23)31-15-5-8-26(9-6-15)13-14(27)12-24-33(28,29)21-4-3-20(32-21)19-7-10-30-25-19/h1-4,7,10-11,14-15,24,27H,5-6,8-9,12-13H2/t14-/m1/s1. The average molecular weight is 532 g/mol. The van der Waals surface area contributed by atoms with Crippen LogP contribution in [0.4, 0.5) is 0 Å². The molecule has 0 amide bonds. The van der Waals surface area contributed by atoms with E-state index in [0.29, 0.717) is 32.9 Å². The molecule has 1 aliphatic heterocycles. The summed E-state index contributed by atoms with van der Waals surface area (Å²) in [6.45, 7) is 1.78. The van der Waals surface area contributed by atoms with Crippen LogP contribution in [0.1, 0.15) is 12.8 Å². The summed E-state index contributed by atoms with van der Waals surface area (Å²) in [5, 5.41) is 15.1. The number of aliphatic hydroxyl groups is 1. The molecule has 0 bridgehead atoms. The first-order chi connectivity index (χ1) is 15.8. The molecule has 33 heavy (non-hydrogen) atoms. The normalized spacial score (nSPS) is 16.7. The number of aromatic nitrogens is 1. The molecule has 1 aromatic carbocycles. The molecule has 1 aliphatic rings. The Balaban J connectivity index is 1.21. The van der Waals surface area contributed by atoms with E-state index in [1.165, 1.54) is 12.3 Å². The van der Waals surface area contributed by atoms with Gasteiger partial charge in [0.1, 0.15) is 28.0 Å². The lowest BCUT2D eigenvalue weighted by Crippen LogP contribution is -2.44. The van der Waals surface area contributed by atoms with Crippen LogP contribution in [0.3, 0.4) is 0 Å². The zero-order valence-electron chi connectivity index (χ0n) is 17.5. The van der Waals surface area contributed by atoms with Gasteiger partial charge in [0.25, 0.3) is 0 Å². The van der Waals surface area contributed by atoms with Crippen molar-refractivity contribution in [2.24, 2.45) is 0 Å². The molecule has 8 nitrogen and oxygen atoms in total. The Hall–Kier alpha value is -1.66. The van der Waals surface area contributed by atoms with Crippen molar-refractivity contribution in [3.05, 3.63) is 52.7 Å². The van der Waals surface area contributed by atoms with Gasteiger partial charge in [0.2, 0.25) is 10.0 Å². The van der Waals surface area contributed by atoms with Crippen molar-refractivity contribution < 1.29 is 22.8 Å². The Labute approximate surface area is 206 Å². The van der Waals surface area contributed by atoms with Gasteiger partial charge in [-0.15, -0.1) is 11.3 Å². The van der Waals surface area contributed by atoms with Gasteiger partial charge in [-0.3, -0.25) is 0 Å². The number of benzene rings is 1. The van der Waals surface area contributed by atoms with E-state index < -0.39 is 16.1 Å². The number of aliphatic hydroxyl groups excluding tert-OH is 1. The van der Waals surface area contributed by atoms with Crippen molar-refractivity contribution in [2.45, 2.75) is 29.3 Å². The van der Waals surface area contributed by atoms with Gasteiger partial charge in [0.15, 0.2) is 0 Å².